The van der Waals surface area contributed by atoms with Crippen molar-refractivity contribution in [3.63, 3.8) is 0 Å². The van der Waals surface area contributed by atoms with E-state index in [2.05, 4.69) is 23.2 Å². The minimum atomic E-state index is 0.652. The largest absolute Gasteiger partial charge is 0.481 e. The molecule has 0 aromatic carbocycles. The Hall–Kier alpha value is -1.83. The van der Waals surface area contributed by atoms with Gasteiger partial charge in [-0.2, -0.15) is 0 Å². The summed E-state index contributed by atoms with van der Waals surface area (Å²) in [6.45, 7) is 0. The van der Waals surface area contributed by atoms with E-state index in [1.54, 1.807) is 7.11 Å². The Bertz CT molecular complexity index is 413. The number of ether oxygens (including phenoxy) is 1. The SMILES string of the molecule is COc1ccc(C2=CC=CC=CC2)cn1. The molecule has 1 aliphatic carbocycles. The lowest BCUT2D eigenvalue weighted by molar-refractivity contribution is 0.398. The average molecular weight is 199 g/mol. The Balaban J connectivity index is 2.25. The van der Waals surface area contributed by atoms with Crippen LogP contribution >= 0.6 is 0 Å². The molecule has 76 valence electrons. The van der Waals surface area contributed by atoms with Crippen molar-refractivity contribution in [2.75, 3.05) is 7.11 Å². The van der Waals surface area contributed by atoms with Crippen LogP contribution in [0.4, 0.5) is 0 Å². The normalized spacial score (nSPS) is 14.6. The summed E-state index contributed by atoms with van der Waals surface area (Å²) < 4.78 is 5.02. The Kier molecular flexibility index (Phi) is 2.98. The fraction of sp³-hybridized carbons (Fsp3) is 0.154. The first-order chi connectivity index (χ1) is 7.40. The van der Waals surface area contributed by atoms with E-state index in [0.29, 0.717) is 5.88 Å². The van der Waals surface area contributed by atoms with Gasteiger partial charge in [0.2, 0.25) is 5.88 Å². The van der Waals surface area contributed by atoms with Crippen molar-refractivity contribution in [2.45, 2.75) is 6.42 Å². The minimum absolute atomic E-state index is 0.652. The number of hydrogen-bond acceptors (Lipinski definition) is 2. The highest BCUT2D eigenvalue weighted by Gasteiger charge is 2.01. The Labute approximate surface area is 89.6 Å². The van der Waals surface area contributed by atoms with Gasteiger partial charge in [0.05, 0.1) is 7.11 Å². The molecule has 0 aliphatic heterocycles. The van der Waals surface area contributed by atoms with Crippen LogP contribution in [0.3, 0.4) is 0 Å². The minimum Gasteiger partial charge on any atom is -0.481 e. The second kappa shape index (κ2) is 4.60. The van der Waals surface area contributed by atoms with Gasteiger partial charge in [0.1, 0.15) is 0 Å². The third-order valence-corrected chi connectivity index (χ3v) is 2.31. The molecule has 1 aliphatic rings. The van der Waals surface area contributed by atoms with E-state index in [9.17, 15) is 0 Å². The van der Waals surface area contributed by atoms with Gasteiger partial charge in [-0.1, -0.05) is 30.4 Å². The van der Waals surface area contributed by atoms with E-state index in [0.717, 1.165) is 12.0 Å². The third kappa shape index (κ3) is 2.34. The number of nitrogens with zero attached hydrogens (tertiary/aromatic N) is 1. The van der Waals surface area contributed by atoms with Crippen LogP contribution in [0.15, 0.2) is 48.7 Å². The first-order valence-corrected chi connectivity index (χ1v) is 4.93. The number of methoxy groups -OCH3 is 1. The van der Waals surface area contributed by atoms with E-state index in [-0.39, 0.29) is 0 Å². The lowest BCUT2D eigenvalue weighted by atomic mass is 10.1. The van der Waals surface area contributed by atoms with Gasteiger partial charge < -0.3 is 4.74 Å². The maximum Gasteiger partial charge on any atom is 0.212 e. The third-order valence-electron chi connectivity index (χ3n) is 2.31. The maximum atomic E-state index is 5.02. The standard InChI is InChI=1S/C13H13NO/c1-15-13-9-8-12(10-14-13)11-6-4-2-3-5-7-11/h2-6,8-10H,7H2,1H3. The van der Waals surface area contributed by atoms with Gasteiger partial charge in [0.15, 0.2) is 0 Å². The molecule has 0 amide bonds. The molecule has 1 heterocycles. The summed E-state index contributed by atoms with van der Waals surface area (Å²) in [4.78, 5) is 4.19. The van der Waals surface area contributed by atoms with Gasteiger partial charge in [-0.3, -0.25) is 0 Å². The number of allylic oxidation sites excluding steroid dienone is 6. The molecule has 2 heteroatoms. The van der Waals surface area contributed by atoms with Crippen LogP contribution in [0.1, 0.15) is 12.0 Å². The average Bonchev–Trinajstić information content (AvgIpc) is 2.58. The highest BCUT2D eigenvalue weighted by Crippen LogP contribution is 2.21. The van der Waals surface area contributed by atoms with Gasteiger partial charge >= 0.3 is 0 Å². The molecule has 15 heavy (non-hydrogen) atoms. The monoisotopic (exact) mass is 199 g/mol. The fourth-order valence-electron chi connectivity index (χ4n) is 1.48. The van der Waals surface area contributed by atoms with Crippen LogP contribution in [0.5, 0.6) is 5.88 Å². The van der Waals surface area contributed by atoms with E-state index in [4.69, 9.17) is 4.74 Å². The first-order valence-electron chi connectivity index (χ1n) is 4.93. The summed E-state index contributed by atoms with van der Waals surface area (Å²) in [7, 11) is 1.62. The van der Waals surface area contributed by atoms with Crippen molar-refractivity contribution in [3.05, 3.63) is 54.3 Å². The summed E-state index contributed by atoms with van der Waals surface area (Å²) in [6.07, 6.45) is 13.2. The summed E-state index contributed by atoms with van der Waals surface area (Å²) in [5.74, 6) is 0.652. The number of pyridine rings is 1. The van der Waals surface area contributed by atoms with E-state index in [1.807, 2.05) is 30.5 Å². The van der Waals surface area contributed by atoms with Crippen LogP contribution in [0.25, 0.3) is 5.57 Å². The number of rotatable bonds is 2. The zero-order valence-electron chi connectivity index (χ0n) is 8.68. The predicted molar refractivity (Wildman–Crippen MR) is 61.7 cm³/mol. The molecule has 0 unspecified atom stereocenters. The second-order valence-corrected chi connectivity index (χ2v) is 3.30. The lowest BCUT2D eigenvalue weighted by Crippen LogP contribution is -1.89. The van der Waals surface area contributed by atoms with Crippen LogP contribution in [0, 0.1) is 0 Å². The van der Waals surface area contributed by atoms with Crippen molar-refractivity contribution in [3.8, 4) is 5.88 Å². The summed E-state index contributed by atoms with van der Waals surface area (Å²) in [5.41, 5.74) is 2.42. The maximum absolute atomic E-state index is 5.02. The first kappa shape index (κ1) is 9.71. The van der Waals surface area contributed by atoms with Gasteiger partial charge in [-0.15, -0.1) is 0 Å². The molecular weight excluding hydrogens is 186 g/mol. The molecule has 0 radical (unpaired) electrons. The van der Waals surface area contributed by atoms with Gasteiger partial charge in [0, 0.05) is 12.3 Å². The molecule has 0 saturated heterocycles. The number of aromatic nitrogens is 1. The Morgan fingerprint density at radius 3 is 2.87 bits per heavy atom. The molecular formula is C13H13NO. The molecule has 0 saturated carbocycles. The Morgan fingerprint density at radius 1 is 1.20 bits per heavy atom. The summed E-state index contributed by atoms with van der Waals surface area (Å²) in [6, 6.07) is 3.92. The van der Waals surface area contributed by atoms with Crippen LogP contribution in [-0.2, 0) is 0 Å². The molecule has 2 rings (SSSR count). The fourth-order valence-corrected chi connectivity index (χ4v) is 1.48. The van der Waals surface area contributed by atoms with E-state index in [1.165, 1.54) is 5.57 Å². The molecule has 0 N–H and O–H groups in total. The van der Waals surface area contributed by atoms with Crippen LogP contribution < -0.4 is 4.74 Å². The van der Waals surface area contributed by atoms with E-state index < -0.39 is 0 Å². The highest BCUT2D eigenvalue weighted by molar-refractivity contribution is 5.68. The molecule has 0 fully saturated rings. The smallest absolute Gasteiger partial charge is 0.212 e. The molecule has 0 atom stereocenters. The zero-order chi connectivity index (χ0) is 10.5. The summed E-state index contributed by atoms with van der Waals surface area (Å²) >= 11 is 0. The van der Waals surface area contributed by atoms with Crippen molar-refractivity contribution in [1.82, 2.24) is 4.98 Å². The lowest BCUT2D eigenvalue weighted by Gasteiger charge is -2.04. The van der Waals surface area contributed by atoms with Crippen molar-refractivity contribution in [1.29, 1.82) is 0 Å². The quantitative estimate of drug-likeness (QED) is 0.730. The molecule has 1 aromatic rings. The second-order valence-electron chi connectivity index (χ2n) is 3.30. The van der Waals surface area contributed by atoms with Crippen molar-refractivity contribution < 1.29 is 4.74 Å². The van der Waals surface area contributed by atoms with Crippen LogP contribution in [0.2, 0.25) is 0 Å². The number of hydrogen-bond donors (Lipinski definition) is 0. The molecule has 2 nitrogen and oxygen atoms in total. The predicted octanol–water partition coefficient (Wildman–Crippen LogP) is 2.99. The topological polar surface area (TPSA) is 22.1 Å². The van der Waals surface area contributed by atoms with E-state index >= 15 is 0 Å². The Morgan fingerprint density at radius 2 is 2.13 bits per heavy atom. The van der Waals surface area contributed by atoms with Crippen LogP contribution in [-0.4, -0.2) is 12.1 Å². The molecule has 1 aromatic heterocycles. The van der Waals surface area contributed by atoms with Crippen molar-refractivity contribution >= 4 is 5.57 Å². The zero-order valence-corrected chi connectivity index (χ0v) is 8.68. The molecule has 0 bridgehead atoms. The summed E-state index contributed by atoms with van der Waals surface area (Å²) in [5, 5.41) is 0. The van der Waals surface area contributed by atoms with Gasteiger partial charge in [-0.05, 0) is 23.6 Å². The molecule has 0 spiro atoms. The van der Waals surface area contributed by atoms with Gasteiger partial charge in [-0.25, -0.2) is 4.98 Å². The van der Waals surface area contributed by atoms with Crippen molar-refractivity contribution in [2.24, 2.45) is 0 Å². The van der Waals surface area contributed by atoms with Gasteiger partial charge in [0.25, 0.3) is 0 Å². The highest BCUT2D eigenvalue weighted by atomic mass is 16.5.